The summed E-state index contributed by atoms with van der Waals surface area (Å²) in [6.45, 7) is 0. The highest BCUT2D eigenvalue weighted by Crippen LogP contribution is 2.35. The molecule has 0 fully saturated rings. The predicted molar refractivity (Wildman–Crippen MR) is 125 cm³/mol. The van der Waals surface area contributed by atoms with Crippen molar-refractivity contribution in [1.82, 2.24) is 0 Å². The molecule has 2 N–H and O–H groups in total. The van der Waals surface area contributed by atoms with Crippen molar-refractivity contribution in [2.45, 2.75) is 0 Å². The maximum atomic E-state index is 5.90. The average molecular weight is 380 g/mol. The Morgan fingerprint density at radius 2 is 0.897 bits per heavy atom. The van der Waals surface area contributed by atoms with Crippen molar-refractivity contribution in [2.24, 2.45) is 0 Å². The summed E-state index contributed by atoms with van der Waals surface area (Å²) in [6, 6.07) is 35.7. The number of para-hydroxylation sites is 1. The van der Waals surface area contributed by atoms with Gasteiger partial charge in [-0.1, -0.05) is 42.5 Å². The molecule has 0 saturated carbocycles. The van der Waals surface area contributed by atoms with Crippen LogP contribution in [0.2, 0.25) is 0 Å². The van der Waals surface area contributed by atoms with Crippen molar-refractivity contribution in [2.75, 3.05) is 29.6 Å². The molecule has 0 heterocycles. The Bertz CT molecular complexity index is 1050. The molecule has 0 spiro atoms. The molecular formula is C26H25N3. The third kappa shape index (κ3) is 4.09. The molecule has 0 atom stereocenters. The van der Waals surface area contributed by atoms with Gasteiger partial charge in [0.05, 0.1) is 0 Å². The Kier molecular flexibility index (Phi) is 5.21. The van der Waals surface area contributed by atoms with Crippen molar-refractivity contribution in [3.63, 3.8) is 0 Å². The summed E-state index contributed by atoms with van der Waals surface area (Å²) < 4.78 is 0. The molecule has 0 aromatic heterocycles. The summed E-state index contributed by atoms with van der Waals surface area (Å²) in [5.74, 6) is 0. The topological polar surface area (TPSA) is 32.5 Å². The van der Waals surface area contributed by atoms with Gasteiger partial charge in [-0.15, -0.1) is 0 Å². The quantitative estimate of drug-likeness (QED) is 0.403. The first-order chi connectivity index (χ1) is 14.1. The van der Waals surface area contributed by atoms with Crippen LogP contribution in [-0.4, -0.2) is 14.1 Å². The first kappa shape index (κ1) is 18.6. The standard InChI is InChI=1S/C26H25N3/c1-28(2)23-14-8-20(9-15-23)21-10-16-25(17-11-21)29(24-6-4-3-5-7-24)26-18-12-22(27)13-19-26/h3-19H,27H2,1-2H3. The lowest BCUT2D eigenvalue weighted by atomic mass is 10.0. The number of nitrogens with two attached hydrogens (primary N) is 1. The summed E-state index contributed by atoms with van der Waals surface area (Å²) in [4.78, 5) is 4.34. The van der Waals surface area contributed by atoms with E-state index >= 15 is 0 Å². The van der Waals surface area contributed by atoms with Crippen LogP contribution in [0, 0.1) is 0 Å². The molecule has 0 aliphatic heterocycles. The number of hydrogen-bond donors (Lipinski definition) is 1. The van der Waals surface area contributed by atoms with Crippen LogP contribution in [-0.2, 0) is 0 Å². The van der Waals surface area contributed by atoms with Gasteiger partial charge in [0.1, 0.15) is 0 Å². The molecule has 4 aromatic rings. The molecule has 144 valence electrons. The molecule has 29 heavy (non-hydrogen) atoms. The van der Waals surface area contributed by atoms with Gasteiger partial charge in [-0.2, -0.15) is 0 Å². The summed E-state index contributed by atoms with van der Waals surface area (Å²) in [7, 11) is 4.11. The Morgan fingerprint density at radius 1 is 0.483 bits per heavy atom. The molecule has 0 bridgehead atoms. The van der Waals surface area contributed by atoms with Crippen molar-refractivity contribution in [3.8, 4) is 11.1 Å². The van der Waals surface area contributed by atoms with E-state index in [2.05, 4.69) is 109 Å². The highest BCUT2D eigenvalue weighted by molar-refractivity contribution is 5.79. The molecule has 4 rings (SSSR count). The van der Waals surface area contributed by atoms with Gasteiger partial charge < -0.3 is 15.5 Å². The fourth-order valence-corrected chi connectivity index (χ4v) is 3.40. The van der Waals surface area contributed by atoms with Crippen molar-refractivity contribution in [1.29, 1.82) is 0 Å². The summed E-state index contributed by atoms with van der Waals surface area (Å²) in [5, 5.41) is 0. The van der Waals surface area contributed by atoms with Gasteiger partial charge in [0, 0.05) is 42.5 Å². The molecular weight excluding hydrogens is 354 g/mol. The minimum atomic E-state index is 0.762. The fourth-order valence-electron chi connectivity index (χ4n) is 3.40. The average Bonchev–Trinajstić information content (AvgIpc) is 2.77. The summed E-state index contributed by atoms with van der Waals surface area (Å²) in [6.07, 6.45) is 0. The second-order valence-corrected chi connectivity index (χ2v) is 7.25. The van der Waals surface area contributed by atoms with E-state index in [1.807, 2.05) is 18.2 Å². The van der Waals surface area contributed by atoms with Gasteiger partial charge in [0.15, 0.2) is 0 Å². The van der Waals surface area contributed by atoms with Crippen molar-refractivity contribution < 1.29 is 0 Å². The minimum Gasteiger partial charge on any atom is -0.399 e. The Balaban J connectivity index is 1.69. The van der Waals surface area contributed by atoms with Crippen LogP contribution in [0.4, 0.5) is 28.4 Å². The van der Waals surface area contributed by atoms with E-state index in [0.29, 0.717) is 0 Å². The van der Waals surface area contributed by atoms with E-state index in [1.54, 1.807) is 0 Å². The smallest absolute Gasteiger partial charge is 0.0463 e. The SMILES string of the molecule is CN(C)c1ccc(-c2ccc(N(c3ccccc3)c3ccc(N)cc3)cc2)cc1. The molecule has 0 aliphatic rings. The first-order valence-electron chi connectivity index (χ1n) is 9.70. The van der Waals surface area contributed by atoms with Crippen LogP contribution < -0.4 is 15.5 Å². The van der Waals surface area contributed by atoms with Gasteiger partial charge in [-0.05, 0) is 71.8 Å². The van der Waals surface area contributed by atoms with Gasteiger partial charge in [-0.3, -0.25) is 0 Å². The Morgan fingerprint density at radius 3 is 1.38 bits per heavy atom. The van der Waals surface area contributed by atoms with Gasteiger partial charge in [0.25, 0.3) is 0 Å². The van der Waals surface area contributed by atoms with Gasteiger partial charge in [-0.25, -0.2) is 0 Å². The molecule has 4 aromatic carbocycles. The highest BCUT2D eigenvalue weighted by Gasteiger charge is 2.12. The van der Waals surface area contributed by atoms with Gasteiger partial charge >= 0.3 is 0 Å². The van der Waals surface area contributed by atoms with E-state index in [-0.39, 0.29) is 0 Å². The van der Waals surface area contributed by atoms with Crippen molar-refractivity contribution in [3.05, 3.63) is 103 Å². The third-order valence-electron chi connectivity index (χ3n) is 5.01. The lowest BCUT2D eigenvalue weighted by Gasteiger charge is -2.25. The zero-order chi connectivity index (χ0) is 20.2. The molecule has 0 radical (unpaired) electrons. The largest absolute Gasteiger partial charge is 0.399 e. The number of hydrogen-bond acceptors (Lipinski definition) is 3. The van der Waals surface area contributed by atoms with Crippen LogP contribution in [0.3, 0.4) is 0 Å². The third-order valence-corrected chi connectivity index (χ3v) is 5.01. The van der Waals surface area contributed by atoms with Crippen molar-refractivity contribution >= 4 is 28.4 Å². The van der Waals surface area contributed by atoms with Crippen LogP contribution in [0.15, 0.2) is 103 Å². The second-order valence-electron chi connectivity index (χ2n) is 7.25. The lowest BCUT2D eigenvalue weighted by Crippen LogP contribution is -2.09. The van der Waals surface area contributed by atoms with Crippen LogP contribution >= 0.6 is 0 Å². The second kappa shape index (κ2) is 8.11. The zero-order valence-corrected chi connectivity index (χ0v) is 16.8. The molecule has 3 nitrogen and oxygen atoms in total. The van der Waals surface area contributed by atoms with Crippen LogP contribution in [0.5, 0.6) is 0 Å². The summed E-state index contributed by atoms with van der Waals surface area (Å²) in [5.41, 5.74) is 13.6. The molecule has 0 aliphatic carbocycles. The molecule has 0 amide bonds. The summed E-state index contributed by atoms with van der Waals surface area (Å²) >= 11 is 0. The van der Waals surface area contributed by atoms with Gasteiger partial charge in [0.2, 0.25) is 0 Å². The Hall–Kier alpha value is -3.72. The van der Waals surface area contributed by atoms with E-state index in [4.69, 9.17) is 5.73 Å². The molecule has 0 unspecified atom stereocenters. The number of rotatable bonds is 5. The van der Waals surface area contributed by atoms with Crippen LogP contribution in [0.1, 0.15) is 0 Å². The van der Waals surface area contributed by atoms with E-state index in [1.165, 1.54) is 16.8 Å². The number of benzene rings is 4. The minimum absolute atomic E-state index is 0.762. The maximum Gasteiger partial charge on any atom is 0.0463 e. The monoisotopic (exact) mass is 379 g/mol. The molecule has 3 heteroatoms. The van der Waals surface area contributed by atoms with E-state index < -0.39 is 0 Å². The Labute approximate surface area is 172 Å². The highest BCUT2D eigenvalue weighted by atomic mass is 15.1. The van der Waals surface area contributed by atoms with Crippen LogP contribution in [0.25, 0.3) is 11.1 Å². The number of anilines is 5. The van der Waals surface area contributed by atoms with E-state index in [9.17, 15) is 0 Å². The first-order valence-corrected chi connectivity index (χ1v) is 9.70. The molecule has 0 saturated heterocycles. The lowest BCUT2D eigenvalue weighted by molar-refractivity contribution is 1.13. The zero-order valence-electron chi connectivity index (χ0n) is 16.8. The van der Waals surface area contributed by atoms with E-state index in [0.717, 1.165) is 22.7 Å². The number of nitrogen functional groups attached to an aromatic ring is 1. The number of nitrogens with zero attached hydrogens (tertiary/aromatic N) is 2. The fraction of sp³-hybridized carbons (Fsp3) is 0.0769. The predicted octanol–water partition coefficient (Wildman–Crippen LogP) is 6.47. The maximum absolute atomic E-state index is 5.90. The normalized spacial score (nSPS) is 10.6.